The molecule has 18 heavy (non-hydrogen) atoms. The maximum absolute atomic E-state index is 5.97. The number of hydrogen-bond donors (Lipinski definition) is 1. The zero-order valence-electron chi connectivity index (χ0n) is 10.9. The number of hydrogen-bond acceptors (Lipinski definition) is 2. The van der Waals surface area contributed by atoms with Crippen LogP contribution in [0.5, 0.6) is 5.75 Å². The molecule has 0 saturated carbocycles. The third-order valence-corrected chi connectivity index (χ3v) is 2.89. The summed E-state index contributed by atoms with van der Waals surface area (Å²) >= 11 is 0. The minimum Gasteiger partial charge on any atom is -0.489 e. The van der Waals surface area contributed by atoms with Crippen LogP contribution in [-0.2, 0) is 6.61 Å². The summed E-state index contributed by atoms with van der Waals surface area (Å²) in [6, 6.07) is 16.3. The van der Waals surface area contributed by atoms with E-state index >= 15 is 0 Å². The molecule has 0 heterocycles. The van der Waals surface area contributed by atoms with Crippen LogP contribution < -0.4 is 10.5 Å². The van der Waals surface area contributed by atoms with Crippen molar-refractivity contribution in [1.82, 2.24) is 0 Å². The molecule has 2 rings (SSSR count). The molecule has 94 valence electrons. The highest BCUT2D eigenvalue weighted by molar-refractivity contribution is 5.38. The molecule has 0 aromatic heterocycles. The lowest BCUT2D eigenvalue weighted by molar-refractivity contribution is 0.301. The summed E-state index contributed by atoms with van der Waals surface area (Å²) in [6.45, 7) is 4.61. The van der Waals surface area contributed by atoms with Crippen LogP contribution in [-0.4, -0.2) is 0 Å². The summed E-state index contributed by atoms with van der Waals surface area (Å²) in [5.41, 5.74) is 9.40. The summed E-state index contributed by atoms with van der Waals surface area (Å²) in [6.07, 6.45) is 0. The number of benzene rings is 2. The molecule has 2 aromatic carbocycles. The fourth-order valence-electron chi connectivity index (χ4n) is 1.89. The van der Waals surface area contributed by atoms with Crippen LogP contribution in [0, 0.1) is 6.92 Å². The van der Waals surface area contributed by atoms with Crippen molar-refractivity contribution in [3.8, 4) is 5.75 Å². The van der Waals surface area contributed by atoms with Gasteiger partial charge in [-0.25, -0.2) is 0 Å². The van der Waals surface area contributed by atoms with Gasteiger partial charge >= 0.3 is 0 Å². The average Bonchev–Trinajstić information content (AvgIpc) is 2.38. The second-order valence-electron chi connectivity index (χ2n) is 4.60. The van der Waals surface area contributed by atoms with Gasteiger partial charge in [0.1, 0.15) is 12.4 Å². The van der Waals surface area contributed by atoms with E-state index < -0.39 is 0 Å². The molecule has 2 nitrogen and oxygen atoms in total. The van der Waals surface area contributed by atoms with Crippen molar-refractivity contribution in [3.63, 3.8) is 0 Å². The van der Waals surface area contributed by atoms with Crippen molar-refractivity contribution in [1.29, 1.82) is 0 Å². The topological polar surface area (TPSA) is 35.2 Å². The van der Waals surface area contributed by atoms with Crippen LogP contribution in [0.15, 0.2) is 48.5 Å². The van der Waals surface area contributed by atoms with E-state index in [1.807, 2.05) is 37.3 Å². The quantitative estimate of drug-likeness (QED) is 0.887. The summed E-state index contributed by atoms with van der Waals surface area (Å²) in [5.74, 6) is 0.874. The van der Waals surface area contributed by atoms with E-state index in [0.29, 0.717) is 6.61 Å². The summed E-state index contributed by atoms with van der Waals surface area (Å²) in [4.78, 5) is 0. The first kappa shape index (κ1) is 12.7. The van der Waals surface area contributed by atoms with E-state index in [9.17, 15) is 0 Å². The Bertz CT molecular complexity index is 506. The van der Waals surface area contributed by atoms with Gasteiger partial charge in [-0.2, -0.15) is 0 Å². The highest BCUT2D eigenvalue weighted by Gasteiger charge is 2.08. The standard InChI is InChI=1S/C16H19NO/c1-12-8-9-16(15(10-12)13(2)17)18-11-14-6-4-3-5-7-14/h3-10,13H,11,17H2,1-2H3/t13-/m1/s1. The second-order valence-corrected chi connectivity index (χ2v) is 4.60. The molecule has 0 saturated heterocycles. The Morgan fingerprint density at radius 2 is 1.83 bits per heavy atom. The fraction of sp³-hybridized carbons (Fsp3) is 0.250. The molecule has 0 aliphatic rings. The molecule has 0 unspecified atom stereocenters. The summed E-state index contributed by atoms with van der Waals surface area (Å²) in [7, 11) is 0. The molecule has 0 aliphatic carbocycles. The minimum absolute atomic E-state index is 0.0179. The molecule has 2 heteroatoms. The molecule has 1 atom stereocenters. The van der Waals surface area contributed by atoms with Crippen LogP contribution in [0.3, 0.4) is 0 Å². The van der Waals surface area contributed by atoms with Crippen LogP contribution >= 0.6 is 0 Å². The van der Waals surface area contributed by atoms with Gasteiger partial charge in [0.15, 0.2) is 0 Å². The van der Waals surface area contributed by atoms with Crippen molar-refractivity contribution < 1.29 is 4.74 Å². The lowest BCUT2D eigenvalue weighted by atomic mass is 10.1. The Kier molecular flexibility index (Phi) is 4.00. The van der Waals surface area contributed by atoms with E-state index in [0.717, 1.165) is 16.9 Å². The van der Waals surface area contributed by atoms with E-state index in [-0.39, 0.29) is 6.04 Å². The Morgan fingerprint density at radius 3 is 2.50 bits per heavy atom. The molecule has 0 radical (unpaired) electrons. The molecule has 0 spiro atoms. The van der Waals surface area contributed by atoms with Gasteiger partial charge in [-0.1, -0.05) is 48.0 Å². The van der Waals surface area contributed by atoms with Crippen LogP contribution in [0.25, 0.3) is 0 Å². The van der Waals surface area contributed by atoms with Crippen molar-refractivity contribution >= 4 is 0 Å². The van der Waals surface area contributed by atoms with Crippen LogP contribution in [0.1, 0.15) is 29.7 Å². The van der Waals surface area contributed by atoms with E-state index in [1.54, 1.807) is 0 Å². The monoisotopic (exact) mass is 241 g/mol. The first-order valence-corrected chi connectivity index (χ1v) is 6.19. The van der Waals surface area contributed by atoms with Crippen molar-refractivity contribution in [3.05, 3.63) is 65.2 Å². The third kappa shape index (κ3) is 3.11. The molecular formula is C16H19NO. The fourth-order valence-corrected chi connectivity index (χ4v) is 1.89. The van der Waals surface area contributed by atoms with Gasteiger partial charge in [-0.05, 0) is 25.5 Å². The van der Waals surface area contributed by atoms with Crippen molar-refractivity contribution in [2.45, 2.75) is 26.5 Å². The molecule has 0 fully saturated rings. The van der Waals surface area contributed by atoms with E-state index in [1.165, 1.54) is 5.56 Å². The first-order valence-electron chi connectivity index (χ1n) is 6.19. The Balaban J connectivity index is 2.14. The molecule has 0 aliphatic heterocycles. The van der Waals surface area contributed by atoms with E-state index in [4.69, 9.17) is 10.5 Å². The Morgan fingerprint density at radius 1 is 1.11 bits per heavy atom. The normalized spacial score (nSPS) is 12.2. The second kappa shape index (κ2) is 5.69. The van der Waals surface area contributed by atoms with Crippen LogP contribution in [0.2, 0.25) is 0 Å². The van der Waals surface area contributed by atoms with Crippen molar-refractivity contribution in [2.75, 3.05) is 0 Å². The molecule has 0 bridgehead atoms. The van der Waals surface area contributed by atoms with Gasteiger partial charge in [-0.15, -0.1) is 0 Å². The third-order valence-electron chi connectivity index (χ3n) is 2.89. The maximum atomic E-state index is 5.97. The predicted octanol–water partition coefficient (Wildman–Crippen LogP) is 3.59. The molecule has 0 amide bonds. The zero-order chi connectivity index (χ0) is 13.0. The van der Waals surface area contributed by atoms with Gasteiger partial charge in [0, 0.05) is 11.6 Å². The number of ether oxygens (including phenoxy) is 1. The number of aryl methyl sites for hydroxylation is 1. The average molecular weight is 241 g/mol. The highest BCUT2D eigenvalue weighted by atomic mass is 16.5. The smallest absolute Gasteiger partial charge is 0.124 e. The number of nitrogens with two attached hydrogens (primary N) is 1. The van der Waals surface area contributed by atoms with Gasteiger partial charge in [0.25, 0.3) is 0 Å². The molecule has 2 N–H and O–H groups in total. The van der Waals surface area contributed by atoms with Gasteiger partial charge in [0.2, 0.25) is 0 Å². The van der Waals surface area contributed by atoms with Gasteiger partial charge < -0.3 is 10.5 Å². The van der Waals surface area contributed by atoms with Gasteiger partial charge in [0.05, 0.1) is 0 Å². The SMILES string of the molecule is Cc1ccc(OCc2ccccc2)c([C@@H](C)N)c1. The molecular weight excluding hydrogens is 222 g/mol. The first-order chi connectivity index (χ1) is 8.66. The van der Waals surface area contributed by atoms with Crippen LogP contribution in [0.4, 0.5) is 0 Å². The van der Waals surface area contributed by atoms with Crippen molar-refractivity contribution in [2.24, 2.45) is 5.73 Å². The summed E-state index contributed by atoms with van der Waals surface area (Å²) in [5, 5.41) is 0. The minimum atomic E-state index is -0.0179. The number of rotatable bonds is 4. The Hall–Kier alpha value is -1.80. The molecule has 2 aromatic rings. The zero-order valence-corrected chi connectivity index (χ0v) is 10.9. The summed E-state index contributed by atoms with van der Waals surface area (Å²) < 4.78 is 5.86. The maximum Gasteiger partial charge on any atom is 0.124 e. The lowest BCUT2D eigenvalue weighted by Gasteiger charge is -2.14. The predicted molar refractivity (Wildman–Crippen MR) is 74.6 cm³/mol. The highest BCUT2D eigenvalue weighted by Crippen LogP contribution is 2.25. The largest absolute Gasteiger partial charge is 0.489 e. The Labute approximate surface area is 108 Å². The lowest BCUT2D eigenvalue weighted by Crippen LogP contribution is -2.08. The van der Waals surface area contributed by atoms with Gasteiger partial charge in [-0.3, -0.25) is 0 Å². The van der Waals surface area contributed by atoms with E-state index in [2.05, 4.69) is 25.1 Å².